The second-order valence-corrected chi connectivity index (χ2v) is 6.78. The Kier molecular flexibility index (Phi) is 5.25. The molecule has 1 aromatic heterocycles. The maximum Gasteiger partial charge on any atom is 0.273 e. The normalized spacial score (nSPS) is 16.8. The van der Waals surface area contributed by atoms with Gasteiger partial charge in [-0.05, 0) is 50.1 Å². The van der Waals surface area contributed by atoms with Crippen LogP contribution in [0.2, 0.25) is 10.0 Å². The van der Waals surface area contributed by atoms with Crippen molar-refractivity contribution in [2.75, 3.05) is 11.9 Å². The summed E-state index contributed by atoms with van der Waals surface area (Å²) in [5.41, 5.74) is 1.59. The summed E-state index contributed by atoms with van der Waals surface area (Å²) in [7, 11) is 0. The number of hydrogen-bond donors (Lipinski definition) is 1. The predicted molar refractivity (Wildman–Crippen MR) is 98.1 cm³/mol. The summed E-state index contributed by atoms with van der Waals surface area (Å²) in [6.45, 7) is 2.36. The lowest BCUT2D eigenvalue weighted by atomic mass is 10.2. The van der Waals surface area contributed by atoms with Crippen LogP contribution >= 0.6 is 23.2 Å². The summed E-state index contributed by atoms with van der Waals surface area (Å²) in [6, 6.07) is 9.60. The molecule has 2 amide bonds. The first kappa shape index (κ1) is 17.7. The summed E-state index contributed by atoms with van der Waals surface area (Å²) >= 11 is 12.0. The Hall–Kier alpha value is -2.11. The maximum atomic E-state index is 12.7. The highest BCUT2D eigenvalue weighted by Crippen LogP contribution is 2.27. The van der Waals surface area contributed by atoms with Crippen LogP contribution in [-0.4, -0.2) is 34.3 Å². The van der Waals surface area contributed by atoms with Crippen molar-refractivity contribution in [1.29, 1.82) is 0 Å². The van der Waals surface area contributed by atoms with Crippen molar-refractivity contribution < 1.29 is 9.59 Å². The molecule has 1 atom stereocenters. The molecule has 1 unspecified atom stereocenters. The third-order valence-corrected chi connectivity index (χ3v) is 4.66. The highest BCUT2D eigenvalue weighted by Gasteiger charge is 2.35. The third kappa shape index (κ3) is 3.94. The summed E-state index contributed by atoms with van der Waals surface area (Å²) < 4.78 is 0. The van der Waals surface area contributed by atoms with Gasteiger partial charge in [-0.25, -0.2) is 4.98 Å². The second kappa shape index (κ2) is 7.42. The number of carbonyl (C=O) groups excluding carboxylic acids is 2. The molecule has 2 heterocycles. The zero-order chi connectivity index (χ0) is 18.0. The molecule has 3 rings (SSSR count). The van der Waals surface area contributed by atoms with Crippen molar-refractivity contribution >= 4 is 40.7 Å². The fraction of sp³-hybridized carbons (Fsp3) is 0.278. The lowest BCUT2D eigenvalue weighted by molar-refractivity contribution is -0.119. The van der Waals surface area contributed by atoms with Crippen LogP contribution in [0.15, 0.2) is 36.4 Å². The summed E-state index contributed by atoms with van der Waals surface area (Å²) in [4.78, 5) is 31.2. The van der Waals surface area contributed by atoms with E-state index in [4.69, 9.17) is 23.2 Å². The SMILES string of the molecule is Cc1cccc(C(=O)N2CCCC2C(=O)Nc2ccc(Cl)cc2Cl)n1. The van der Waals surface area contributed by atoms with Gasteiger partial charge in [-0.15, -0.1) is 0 Å². The van der Waals surface area contributed by atoms with Gasteiger partial charge in [-0.2, -0.15) is 0 Å². The van der Waals surface area contributed by atoms with E-state index in [0.717, 1.165) is 12.1 Å². The smallest absolute Gasteiger partial charge is 0.273 e. The highest BCUT2D eigenvalue weighted by molar-refractivity contribution is 6.36. The lowest BCUT2D eigenvalue weighted by Crippen LogP contribution is -2.43. The van der Waals surface area contributed by atoms with Gasteiger partial charge in [0.2, 0.25) is 5.91 Å². The first-order valence-electron chi connectivity index (χ1n) is 7.96. The number of pyridine rings is 1. The van der Waals surface area contributed by atoms with E-state index in [9.17, 15) is 9.59 Å². The molecule has 1 aromatic carbocycles. The number of nitrogens with one attached hydrogen (secondary N) is 1. The number of likely N-dealkylation sites (tertiary alicyclic amines) is 1. The van der Waals surface area contributed by atoms with Crippen LogP contribution in [0.4, 0.5) is 5.69 Å². The summed E-state index contributed by atoms with van der Waals surface area (Å²) in [6.07, 6.45) is 1.37. The van der Waals surface area contributed by atoms with E-state index in [1.54, 1.807) is 35.2 Å². The molecular formula is C18H17Cl2N3O2. The van der Waals surface area contributed by atoms with Crippen LogP contribution in [0.1, 0.15) is 29.0 Å². The van der Waals surface area contributed by atoms with E-state index in [2.05, 4.69) is 10.3 Å². The van der Waals surface area contributed by atoms with Gasteiger partial charge in [0.25, 0.3) is 5.91 Å². The van der Waals surface area contributed by atoms with Crippen LogP contribution in [0, 0.1) is 6.92 Å². The van der Waals surface area contributed by atoms with Gasteiger partial charge < -0.3 is 10.2 Å². The number of benzene rings is 1. The summed E-state index contributed by atoms with van der Waals surface area (Å²) in [5, 5.41) is 3.63. The molecule has 0 bridgehead atoms. The number of aryl methyl sites for hydroxylation is 1. The number of amides is 2. The maximum absolute atomic E-state index is 12.7. The molecule has 1 aliphatic rings. The van der Waals surface area contributed by atoms with E-state index in [1.165, 1.54) is 0 Å². The number of nitrogens with zero attached hydrogens (tertiary/aromatic N) is 2. The lowest BCUT2D eigenvalue weighted by Gasteiger charge is -2.24. The van der Waals surface area contributed by atoms with E-state index < -0.39 is 6.04 Å². The fourth-order valence-electron chi connectivity index (χ4n) is 2.90. The number of aromatic nitrogens is 1. The van der Waals surface area contributed by atoms with E-state index in [0.29, 0.717) is 34.4 Å². The van der Waals surface area contributed by atoms with Crippen molar-refractivity contribution in [3.8, 4) is 0 Å². The molecule has 5 nitrogen and oxygen atoms in total. The number of halogens is 2. The standard InChI is InChI=1S/C18H17Cl2N3O2/c1-11-4-2-5-15(21-11)18(25)23-9-3-6-16(23)17(24)22-14-8-7-12(19)10-13(14)20/h2,4-5,7-8,10,16H,3,6,9H2,1H3,(H,22,24). The molecule has 1 saturated heterocycles. The Bertz CT molecular complexity index is 826. The van der Waals surface area contributed by atoms with Crippen molar-refractivity contribution in [3.63, 3.8) is 0 Å². The van der Waals surface area contributed by atoms with Crippen LogP contribution < -0.4 is 5.32 Å². The highest BCUT2D eigenvalue weighted by atomic mass is 35.5. The van der Waals surface area contributed by atoms with Crippen molar-refractivity contribution in [3.05, 3.63) is 57.8 Å². The molecule has 0 spiro atoms. The fourth-order valence-corrected chi connectivity index (χ4v) is 3.35. The van der Waals surface area contributed by atoms with Crippen LogP contribution in [0.25, 0.3) is 0 Å². The summed E-state index contributed by atoms with van der Waals surface area (Å²) in [5.74, 6) is -0.494. The van der Waals surface area contributed by atoms with Crippen LogP contribution in [0.5, 0.6) is 0 Å². The van der Waals surface area contributed by atoms with E-state index >= 15 is 0 Å². The largest absolute Gasteiger partial charge is 0.325 e. The minimum absolute atomic E-state index is 0.233. The van der Waals surface area contributed by atoms with Crippen molar-refractivity contribution in [1.82, 2.24) is 9.88 Å². The predicted octanol–water partition coefficient (Wildman–Crippen LogP) is 3.94. The van der Waals surface area contributed by atoms with Gasteiger partial charge in [-0.1, -0.05) is 29.3 Å². The Morgan fingerprint density at radius 3 is 2.76 bits per heavy atom. The number of rotatable bonds is 3. The average Bonchev–Trinajstić information content (AvgIpc) is 3.06. The van der Waals surface area contributed by atoms with Gasteiger partial charge in [-0.3, -0.25) is 9.59 Å². The average molecular weight is 378 g/mol. The van der Waals surface area contributed by atoms with E-state index in [1.807, 2.05) is 13.0 Å². The number of anilines is 1. The molecule has 0 aliphatic carbocycles. The quantitative estimate of drug-likeness (QED) is 0.880. The van der Waals surface area contributed by atoms with Gasteiger partial charge in [0.05, 0.1) is 10.7 Å². The first-order chi connectivity index (χ1) is 12.0. The molecule has 1 aliphatic heterocycles. The molecule has 1 fully saturated rings. The molecular weight excluding hydrogens is 361 g/mol. The zero-order valence-electron chi connectivity index (χ0n) is 13.6. The minimum atomic E-state index is -0.540. The molecule has 1 N–H and O–H groups in total. The van der Waals surface area contributed by atoms with E-state index in [-0.39, 0.29) is 11.8 Å². The molecule has 130 valence electrons. The monoisotopic (exact) mass is 377 g/mol. The minimum Gasteiger partial charge on any atom is -0.325 e. The first-order valence-corrected chi connectivity index (χ1v) is 8.72. The van der Waals surface area contributed by atoms with Gasteiger partial charge in [0.1, 0.15) is 11.7 Å². The Balaban J connectivity index is 1.76. The molecule has 25 heavy (non-hydrogen) atoms. The Morgan fingerprint density at radius 2 is 2.04 bits per heavy atom. The van der Waals surface area contributed by atoms with Gasteiger partial charge >= 0.3 is 0 Å². The molecule has 2 aromatic rings. The molecule has 0 saturated carbocycles. The zero-order valence-corrected chi connectivity index (χ0v) is 15.1. The second-order valence-electron chi connectivity index (χ2n) is 5.93. The van der Waals surface area contributed by atoms with Gasteiger partial charge in [0, 0.05) is 17.3 Å². The molecule has 0 radical (unpaired) electrons. The molecule has 7 heteroatoms. The topological polar surface area (TPSA) is 62.3 Å². The van der Waals surface area contributed by atoms with Crippen molar-refractivity contribution in [2.45, 2.75) is 25.8 Å². The number of hydrogen-bond acceptors (Lipinski definition) is 3. The van der Waals surface area contributed by atoms with Crippen molar-refractivity contribution in [2.24, 2.45) is 0 Å². The van der Waals surface area contributed by atoms with Crippen LogP contribution in [-0.2, 0) is 4.79 Å². The van der Waals surface area contributed by atoms with Gasteiger partial charge in [0.15, 0.2) is 0 Å². The Labute approximate surface area is 155 Å². The third-order valence-electron chi connectivity index (χ3n) is 4.11. The Morgan fingerprint density at radius 1 is 1.24 bits per heavy atom. The number of carbonyl (C=O) groups is 2. The van der Waals surface area contributed by atoms with Crippen LogP contribution in [0.3, 0.4) is 0 Å².